The molecule has 8 nitrogen and oxygen atoms in total. The molecule has 41 heavy (non-hydrogen) atoms. The van der Waals surface area contributed by atoms with Gasteiger partial charge < -0.3 is 21.3 Å². The van der Waals surface area contributed by atoms with Crippen molar-refractivity contribution in [2.24, 2.45) is 5.92 Å². The molecule has 0 radical (unpaired) electrons. The molecule has 5 rings (SSSR count). The number of hydrogen-bond acceptors (Lipinski definition) is 7. The first-order chi connectivity index (χ1) is 20.0. The van der Waals surface area contributed by atoms with Crippen LogP contribution in [0.5, 0.6) is 0 Å². The highest BCUT2D eigenvalue weighted by Crippen LogP contribution is 2.24. The molecule has 1 saturated carbocycles. The summed E-state index contributed by atoms with van der Waals surface area (Å²) in [4.78, 5) is 26.0. The van der Waals surface area contributed by atoms with E-state index in [4.69, 9.17) is 0 Å². The summed E-state index contributed by atoms with van der Waals surface area (Å²) in [6, 6.07) is 19.6. The first-order valence-corrected chi connectivity index (χ1v) is 13.9. The molecule has 1 amide bonds. The Balaban J connectivity index is 1.24. The summed E-state index contributed by atoms with van der Waals surface area (Å²) in [5, 5.41) is 12.4. The maximum absolute atomic E-state index is 13.8. The Bertz CT molecular complexity index is 1440. The summed E-state index contributed by atoms with van der Waals surface area (Å²) in [6.07, 6.45) is 6.30. The Kier molecular flexibility index (Phi) is 9.30. The van der Waals surface area contributed by atoms with Crippen LogP contribution in [-0.2, 0) is 17.8 Å². The number of carbonyl (C=O) groups is 1. The first kappa shape index (κ1) is 27.9. The highest BCUT2D eigenvalue weighted by molar-refractivity contribution is 5.92. The van der Waals surface area contributed by atoms with Gasteiger partial charge in [0.15, 0.2) is 0 Å². The number of nitrogens with zero attached hydrogens (tertiary/aromatic N) is 3. The van der Waals surface area contributed by atoms with Crippen molar-refractivity contribution in [2.45, 2.75) is 45.1 Å². The summed E-state index contributed by atoms with van der Waals surface area (Å²) in [5.74, 6) is 0.742. The molecule has 0 saturated heterocycles. The van der Waals surface area contributed by atoms with Crippen LogP contribution in [0, 0.1) is 17.6 Å². The molecule has 4 aromatic rings. The number of aromatic nitrogens is 3. The average molecular weight is 558 g/mol. The highest BCUT2D eigenvalue weighted by Gasteiger charge is 2.15. The second-order valence-electron chi connectivity index (χ2n) is 10.2. The molecular weight excluding hydrogens is 524 g/mol. The van der Waals surface area contributed by atoms with Gasteiger partial charge in [-0.3, -0.25) is 4.79 Å². The van der Waals surface area contributed by atoms with E-state index in [1.807, 2.05) is 24.3 Å². The molecule has 1 aliphatic carbocycles. The molecule has 212 valence electrons. The zero-order chi connectivity index (χ0) is 28.4. The molecule has 1 fully saturated rings. The molecule has 0 atom stereocenters. The van der Waals surface area contributed by atoms with Crippen LogP contribution in [-0.4, -0.2) is 27.4 Å². The molecule has 1 aromatic heterocycles. The van der Waals surface area contributed by atoms with Crippen LogP contribution in [0.15, 0.2) is 72.8 Å². The van der Waals surface area contributed by atoms with Crippen molar-refractivity contribution >= 4 is 35.1 Å². The number of nitrogens with one attached hydrogen (secondary N) is 4. The fraction of sp³-hybridized carbons (Fsp3) is 0.290. The Morgan fingerprint density at radius 2 is 1.41 bits per heavy atom. The lowest BCUT2D eigenvalue weighted by molar-refractivity contribution is -0.115. The summed E-state index contributed by atoms with van der Waals surface area (Å²) in [6.45, 7) is 1.22. The van der Waals surface area contributed by atoms with Gasteiger partial charge in [-0.15, -0.1) is 0 Å². The zero-order valence-electron chi connectivity index (χ0n) is 22.7. The minimum atomic E-state index is -0.475. The van der Waals surface area contributed by atoms with Crippen molar-refractivity contribution in [1.82, 2.24) is 15.0 Å². The average Bonchev–Trinajstić information content (AvgIpc) is 2.98. The lowest BCUT2D eigenvalue weighted by Gasteiger charge is -2.21. The second-order valence-corrected chi connectivity index (χ2v) is 10.2. The van der Waals surface area contributed by atoms with Crippen LogP contribution >= 0.6 is 0 Å². The van der Waals surface area contributed by atoms with Crippen LogP contribution in [0.1, 0.15) is 43.2 Å². The molecule has 1 heterocycles. The molecule has 1 aliphatic rings. The van der Waals surface area contributed by atoms with Crippen molar-refractivity contribution in [3.63, 3.8) is 0 Å². The van der Waals surface area contributed by atoms with E-state index < -0.39 is 5.82 Å². The number of anilines is 5. The zero-order valence-corrected chi connectivity index (χ0v) is 22.7. The fourth-order valence-corrected chi connectivity index (χ4v) is 4.78. The van der Waals surface area contributed by atoms with E-state index in [1.165, 1.54) is 56.4 Å². The summed E-state index contributed by atoms with van der Waals surface area (Å²) < 4.78 is 27.1. The van der Waals surface area contributed by atoms with E-state index in [0.717, 1.165) is 23.4 Å². The predicted octanol–water partition coefficient (Wildman–Crippen LogP) is 6.68. The quantitative estimate of drug-likeness (QED) is 0.163. The van der Waals surface area contributed by atoms with Crippen molar-refractivity contribution in [3.8, 4) is 0 Å². The van der Waals surface area contributed by atoms with Gasteiger partial charge in [0.2, 0.25) is 23.8 Å². The van der Waals surface area contributed by atoms with E-state index in [9.17, 15) is 13.6 Å². The SMILES string of the molecule is O=C(Cc1ccc(Nc2nc(NCc3ccc(F)cc3)nc(NCC3CCCCC3)n2)cc1)Nc1ccccc1F. The van der Waals surface area contributed by atoms with E-state index in [1.54, 1.807) is 24.3 Å². The van der Waals surface area contributed by atoms with E-state index in [-0.39, 0.29) is 23.8 Å². The Morgan fingerprint density at radius 1 is 0.756 bits per heavy atom. The van der Waals surface area contributed by atoms with Gasteiger partial charge in [-0.1, -0.05) is 55.7 Å². The van der Waals surface area contributed by atoms with Crippen LogP contribution < -0.4 is 21.3 Å². The molecule has 0 aliphatic heterocycles. The number of rotatable bonds is 11. The summed E-state index contributed by atoms with van der Waals surface area (Å²) >= 11 is 0. The van der Waals surface area contributed by atoms with Gasteiger partial charge in [-0.05, 0) is 66.3 Å². The minimum absolute atomic E-state index is 0.104. The second kappa shape index (κ2) is 13.6. The number of para-hydroxylation sites is 1. The molecule has 4 N–H and O–H groups in total. The Labute approximate surface area is 238 Å². The van der Waals surface area contributed by atoms with Crippen LogP contribution in [0.4, 0.5) is 38.0 Å². The van der Waals surface area contributed by atoms with Gasteiger partial charge in [-0.25, -0.2) is 8.78 Å². The van der Waals surface area contributed by atoms with Crippen molar-refractivity contribution in [1.29, 1.82) is 0 Å². The molecule has 0 bridgehead atoms. The third-order valence-corrected chi connectivity index (χ3v) is 7.00. The first-order valence-electron chi connectivity index (χ1n) is 13.9. The lowest BCUT2D eigenvalue weighted by atomic mass is 9.89. The summed E-state index contributed by atoms with van der Waals surface area (Å²) in [7, 11) is 0. The Hall–Kier alpha value is -4.60. The van der Waals surface area contributed by atoms with E-state index in [2.05, 4.69) is 36.2 Å². The number of hydrogen-bond donors (Lipinski definition) is 4. The monoisotopic (exact) mass is 557 g/mol. The van der Waals surface area contributed by atoms with Gasteiger partial charge in [-0.2, -0.15) is 15.0 Å². The topological polar surface area (TPSA) is 104 Å². The molecule has 10 heteroatoms. The lowest BCUT2D eigenvalue weighted by Crippen LogP contribution is -2.19. The molecule has 0 spiro atoms. The van der Waals surface area contributed by atoms with Crippen molar-refractivity contribution in [3.05, 3.63) is 95.6 Å². The van der Waals surface area contributed by atoms with Crippen LogP contribution in [0.3, 0.4) is 0 Å². The van der Waals surface area contributed by atoms with Gasteiger partial charge in [0.1, 0.15) is 11.6 Å². The fourth-order valence-electron chi connectivity index (χ4n) is 4.78. The third kappa shape index (κ3) is 8.44. The van der Waals surface area contributed by atoms with Gasteiger partial charge in [0, 0.05) is 18.8 Å². The molecular formula is C31H33F2N7O. The number of carbonyl (C=O) groups excluding carboxylic acids is 1. The Morgan fingerprint density at radius 3 is 2.15 bits per heavy atom. The van der Waals surface area contributed by atoms with E-state index in [0.29, 0.717) is 30.3 Å². The van der Waals surface area contributed by atoms with Gasteiger partial charge in [0.25, 0.3) is 0 Å². The van der Waals surface area contributed by atoms with Crippen molar-refractivity contribution in [2.75, 3.05) is 27.8 Å². The van der Waals surface area contributed by atoms with Gasteiger partial charge in [0.05, 0.1) is 12.1 Å². The number of halogens is 2. The minimum Gasteiger partial charge on any atom is -0.354 e. The molecule has 3 aromatic carbocycles. The number of benzene rings is 3. The number of amides is 1. The predicted molar refractivity (Wildman–Crippen MR) is 157 cm³/mol. The smallest absolute Gasteiger partial charge is 0.233 e. The molecule has 0 unspecified atom stereocenters. The van der Waals surface area contributed by atoms with Gasteiger partial charge >= 0.3 is 0 Å². The van der Waals surface area contributed by atoms with Crippen LogP contribution in [0.2, 0.25) is 0 Å². The highest BCUT2D eigenvalue weighted by atomic mass is 19.1. The third-order valence-electron chi connectivity index (χ3n) is 7.00. The van der Waals surface area contributed by atoms with Crippen LogP contribution in [0.25, 0.3) is 0 Å². The van der Waals surface area contributed by atoms with Crippen molar-refractivity contribution < 1.29 is 13.6 Å². The maximum Gasteiger partial charge on any atom is 0.233 e. The van der Waals surface area contributed by atoms with E-state index >= 15 is 0 Å². The summed E-state index contributed by atoms with van der Waals surface area (Å²) in [5.41, 5.74) is 2.56. The normalized spacial score (nSPS) is 13.4. The maximum atomic E-state index is 13.8. The standard InChI is InChI=1S/C31H33F2N7O/c32-24-14-10-23(11-15-24)20-35-30-38-29(34-19-22-6-2-1-3-7-22)39-31(40-30)36-25-16-12-21(13-17-25)18-28(41)37-27-9-5-4-8-26(27)33/h4-5,8-17,22H,1-3,6-7,18-20H2,(H,37,41)(H3,34,35,36,38,39,40). The largest absolute Gasteiger partial charge is 0.354 e.